The number of aromatic nitrogens is 4. The molecule has 0 saturated heterocycles. The highest BCUT2D eigenvalue weighted by Gasteiger charge is 2.19. The molecule has 0 radical (unpaired) electrons. The van der Waals surface area contributed by atoms with E-state index in [2.05, 4.69) is 20.2 Å². The molecule has 0 bridgehead atoms. The lowest BCUT2D eigenvalue weighted by Gasteiger charge is -2.23. The fraction of sp³-hybridized carbons (Fsp3) is 0.0909. The normalized spacial score (nSPS) is 10.7. The van der Waals surface area contributed by atoms with Crippen molar-refractivity contribution in [3.63, 3.8) is 0 Å². The summed E-state index contributed by atoms with van der Waals surface area (Å²) in [6.45, 7) is 0.00945. The van der Waals surface area contributed by atoms with Crippen LogP contribution in [0.4, 0.5) is 14.5 Å². The second-order valence-corrected chi connectivity index (χ2v) is 6.65. The molecule has 0 unspecified atom stereocenters. The number of carbonyl (C=O) groups excluding carboxylic acids is 1. The van der Waals surface area contributed by atoms with Crippen LogP contribution in [0.2, 0.25) is 0 Å². The summed E-state index contributed by atoms with van der Waals surface area (Å²) < 4.78 is 27.3. The molecule has 0 aliphatic carbocycles. The van der Waals surface area contributed by atoms with Gasteiger partial charge in [0.15, 0.2) is 0 Å². The summed E-state index contributed by atoms with van der Waals surface area (Å²) in [6, 6.07) is 13.8. The van der Waals surface area contributed by atoms with Gasteiger partial charge in [-0.25, -0.2) is 13.8 Å². The molecule has 0 saturated carbocycles. The zero-order valence-corrected chi connectivity index (χ0v) is 15.8. The van der Waals surface area contributed by atoms with E-state index >= 15 is 0 Å². The van der Waals surface area contributed by atoms with Crippen LogP contribution in [-0.4, -0.2) is 26.1 Å². The van der Waals surface area contributed by atoms with Gasteiger partial charge < -0.3 is 9.88 Å². The third-order valence-corrected chi connectivity index (χ3v) is 4.50. The summed E-state index contributed by atoms with van der Waals surface area (Å²) in [7, 11) is 0. The van der Waals surface area contributed by atoms with Crippen LogP contribution < -0.4 is 4.90 Å². The van der Waals surface area contributed by atoms with E-state index in [1.165, 1.54) is 23.2 Å². The lowest BCUT2D eigenvalue weighted by molar-refractivity contribution is -0.118. The number of carbonyl (C=O) groups is 1. The van der Waals surface area contributed by atoms with Gasteiger partial charge >= 0.3 is 0 Å². The number of imidazole rings is 1. The fourth-order valence-electron chi connectivity index (χ4n) is 3.12. The second-order valence-electron chi connectivity index (χ2n) is 6.65. The van der Waals surface area contributed by atoms with Gasteiger partial charge in [-0.15, -0.1) is 0 Å². The molecule has 0 spiro atoms. The number of nitrogens with zero attached hydrogens (tertiary/aromatic N) is 4. The molecule has 0 aliphatic rings. The van der Waals surface area contributed by atoms with E-state index in [1.807, 2.05) is 12.1 Å². The summed E-state index contributed by atoms with van der Waals surface area (Å²) in [5.41, 5.74) is 3.08. The molecule has 1 amide bonds. The third kappa shape index (κ3) is 4.54. The summed E-state index contributed by atoms with van der Waals surface area (Å²) in [6.07, 6.45) is 4.88. The van der Waals surface area contributed by atoms with E-state index in [0.717, 1.165) is 17.3 Å². The summed E-state index contributed by atoms with van der Waals surface area (Å²) in [4.78, 5) is 21.6. The number of H-pyrrole nitrogens is 1. The number of halogens is 2. The first-order valence-electron chi connectivity index (χ1n) is 9.19. The number of hydrogen-bond acceptors (Lipinski definition) is 4. The van der Waals surface area contributed by atoms with Gasteiger partial charge in [0.2, 0.25) is 5.91 Å². The predicted octanol–water partition coefficient (Wildman–Crippen LogP) is 3.92. The van der Waals surface area contributed by atoms with E-state index < -0.39 is 11.6 Å². The van der Waals surface area contributed by atoms with Crippen molar-refractivity contribution in [2.24, 2.45) is 0 Å². The predicted molar refractivity (Wildman–Crippen MR) is 107 cm³/mol. The van der Waals surface area contributed by atoms with Crippen LogP contribution in [0, 0.1) is 11.6 Å². The molecule has 4 aromatic rings. The Morgan fingerprint density at radius 1 is 1.03 bits per heavy atom. The first kappa shape index (κ1) is 19.4. The molecule has 2 aromatic carbocycles. The number of amides is 1. The van der Waals surface area contributed by atoms with Gasteiger partial charge in [-0.1, -0.05) is 12.1 Å². The van der Waals surface area contributed by atoms with Gasteiger partial charge in [-0.2, -0.15) is 10.2 Å². The Morgan fingerprint density at radius 2 is 1.80 bits per heavy atom. The van der Waals surface area contributed by atoms with Crippen molar-refractivity contribution in [3.05, 3.63) is 96.2 Å². The standard InChI is InChI=1S/C22H17F2N5O/c23-17-8-15(9-18(24)10-17)13-29(22(30)11-19-2-1-7-27-28-19)20-5-3-16(4-6-20)21-12-25-14-26-21/h1-10,12,14H,11,13H2,(H,25,26). The van der Waals surface area contributed by atoms with Gasteiger partial charge in [0.05, 0.1) is 30.7 Å². The quantitative estimate of drug-likeness (QED) is 0.528. The number of benzene rings is 2. The van der Waals surface area contributed by atoms with E-state index in [4.69, 9.17) is 0 Å². The SMILES string of the molecule is O=C(Cc1cccnn1)N(Cc1cc(F)cc(F)c1)c1ccc(-c2c[nH]cn2)cc1. The van der Waals surface area contributed by atoms with Crippen molar-refractivity contribution in [2.45, 2.75) is 13.0 Å². The molecular formula is C22H17F2N5O. The van der Waals surface area contributed by atoms with Crippen molar-refractivity contribution in [1.29, 1.82) is 0 Å². The minimum Gasteiger partial charge on any atom is -0.351 e. The van der Waals surface area contributed by atoms with Crippen LogP contribution in [-0.2, 0) is 17.8 Å². The van der Waals surface area contributed by atoms with Crippen molar-refractivity contribution in [1.82, 2.24) is 20.2 Å². The molecule has 150 valence electrons. The van der Waals surface area contributed by atoms with Gasteiger partial charge in [-0.05, 0) is 42.0 Å². The minimum atomic E-state index is -0.694. The molecular weight excluding hydrogens is 388 g/mol. The molecule has 8 heteroatoms. The topological polar surface area (TPSA) is 74.8 Å². The Kier molecular flexibility index (Phi) is 5.56. The molecule has 2 aromatic heterocycles. The molecule has 30 heavy (non-hydrogen) atoms. The minimum absolute atomic E-state index is 0.00670. The highest BCUT2D eigenvalue weighted by Crippen LogP contribution is 2.24. The van der Waals surface area contributed by atoms with E-state index in [-0.39, 0.29) is 18.9 Å². The molecule has 4 rings (SSSR count). The maximum atomic E-state index is 13.7. The highest BCUT2D eigenvalue weighted by atomic mass is 19.1. The van der Waals surface area contributed by atoms with Crippen molar-refractivity contribution in [2.75, 3.05) is 4.90 Å². The van der Waals surface area contributed by atoms with Crippen LogP contribution in [0.25, 0.3) is 11.3 Å². The summed E-state index contributed by atoms with van der Waals surface area (Å²) in [5, 5.41) is 7.74. The maximum absolute atomic E-state index is 13.7. The second kappa shape index (κ2) is 8.60. The molecule has 2 heterocycles. The maximum Gasteiger partial charge on any atom is 0.233 e. The molecule has 6 nitrogen and oxygen atoms in total. The highest BCUT2D eigenvalue weighted by molar-refractivity contribution is 5.94. The van der Waals surface area contributed by atoms with Gasteiger partial charge in [0.25, 0.3) is 0 Å². The molecule has 1 N–H and O–H groups in total. The Bertz CT molecular complexity index is 1110. The smallest absolute Gasteiger partial charge is 0.233 e. The van der Waals surface area contributed by atoms with E-state index in [0.29, 0.717) is 16.9 Å². The number of rotatable bonds is 6. The van der Waals surface area contributed by atoms with Gasteiger partial charge in [-0.3, -0.25) is 4.79 Å². The monoisotopic (exact) mass is 405 g/mol. The Morgan fingerprint density at radius 3 is 2.43 bits per heavy atom. The zero-order valence-electron chi connectivity index (χ0n) is 15.8. The van der Waals surface area contributed by atoms with Crippen LogP contribution in [0.15, 0.2) is 73.3 Å². The fourth-order valence-corrected chi connectivity index (χ4v) is 3.12. The molecule has 0 fully saturated rings. The first-order chi connectivity index (χ1) is 14.6. The third-order valence-electron chi connectivity index (χ3n) is 4.50. The van der Waals surface area contributed by atoms with Crippen LogP contribution in [0.1, 0.15) is 11.3 Å². The van der Waals surface area contributed by atoms with Crippen LogP contribution >= 0.6 is 0 Å². The molecule has 0 atom stereocenters. The van der Waals surface area contributed by atoms with Gasteiger partial charge in [0, 0.05) is 29.7 Å². The van der Waals surface area contributed by atoms with Crippen molar-refractivity contribution < 1.29 is 13.6 Å². The van der Waals surface area contributed by atoms with Gasteiger partial charge in [0.1, 0.15) is 11.6 Å². The zero-order chi connectivity index (χ0) is 20.9. The Labute approximate surface area is 171 Å². The average molecular weight is 405 g/mol. The molecule has 0 aliphatic heterocycles. The van der Waals surface area contributed by atoms with E-state index in [9.17, 15) is 13.6 Å². The summed E-state index contributed by atoms with van der Waals surface area (Å²) in [5.74, 6) is -1.66. The lowest BCUT2D eigenvalue weighted by atomic mass is 10.1. The largest absolute Gasteiger partial charge is 0.351 e. The number of nitrogens with one attached hydrogen (secondary N) is 1. The number of aromatic amines is 1. The average Bonchev–Trinajstić information content (AvgIpc) is 3.27. The van der Waals surface area contributed by atoms with Crippen molar-refractivity contribution in [3.8, 4) is 11.3 Å². The number of anilines is 1. The van der Waals surface area contributed by atoms with Crippen LogP contribution in [0.5, 0.6) is 0 Å². The number of hydrogen-bond donors (Lipinski definition) is 1. The first-order valence-corrected chi connectivity index (χ1v) is 9.19. The van der Waals surface area contributed by atoms with Crippen molar-refractivity contribution >= 4 is 11.6 Å². The lowest BCUT2D eigenvalue weighted by Crippen LogP contribution is -2.32. The summed E-state index contributed by atoms with van der Waals surface area (Å²) >= 11 is 0. The Hall–Kier alpha value is -3.94. The van der Waals surface area contributed by atoms with Crippen LogP contribution in [0.3, 0.4) is 0 Å². The van der Waals surface area contributed by atoms with E-state index in [1.54, 1.807) is 36.8 Å². The Balaban J connectivity index is 1.64.